The van der Waals surface area contributed by atoms with Gasteiger partial charge in [-0.25, -0.2) is 4.98 Å². The van der Waals surface area contributed by atoms with Gasteiger partial charge in [0.05, 0.1) is 18.0 Å². The van der Waals surface area contributed by atoms with Crippen molar-refractivity contribution >= 4 is 23.4 Å². The van der Waals surface area contributed by atoms with Crippen molar-refractivity contribution in [3.8, 4) is 10.8 Å². The van der Waals surface area contributed by atoms with Gasteiger partial charge < -0.3 is 4.42 Å². The molecule has 0 amide bonds. The average molecular weight is 306 g/mol. The molecule has 0 bridgehead atoms. The smallest absolute Gasteiger partial charge is 0.398 e. The van der Waals surface area contributed by atoms with Crippen LogP contribution in [-0.2, 0) is 0 Å². The maximum absolute atomic E-state index is 10.6. The molecule has 2 aromatic heterocycles. The Morgan fingerprint density at radius 1 is 1.38 bits per heavy atom. The summed E-state index contributed by atoms with van der Waals surface area (Å²) < 4.78 is 5.13. The molecule has 0 aliphatic carbocycles. The molecule has 8 heteroatoms. The second-order valence-electron chi connectivity index (χ2n) is 4.73. The minimum absolute atomic E-state index is 0.274. The van der Waals surface area contributed by atoms with Gasteiger partial charge in [-0.15, -0.1) is 11.3 Å². The first-order chi connectivity index (χ1) is 10.2. The quantitative estimate of drug-likeness (QED) is 0.492. The summed E-state index contributed by atoms with van der Waals surface area (Å²) in [5.41, 5.74) is 0.736. The molecular formula is C13H14N4O3S. The standard InChI is InChI=1S/C13H14N4O3S/c18-17(19)12-5-4-11(20-12)13-15-10(9-21-13)8-14-16-6-2-1-3-7-16/h4-5,8-9H,1-3,6-7H2/b14-8+. The van der Waals surface area contributed by atoms with E-state index in [-0.39, 0.29) is 5.88 Å². The summed E-state index contributed by atoms with van der Waals surface area (Å²) in [6, 6.07) is 2.89. The van der Waals surface area contributed by atoms with Crippen LogP contribution in [0.2, 0.25) is 0 Å². The van der Waals surface area contributed by atoms with E-state index in [1.807, 2.05) is 10.4 Å². The fourth-order valence-electron chi connectivity index (χ4n) is 2.13. The molecule has 3 heterocycles. The fraction of sp³-hybridized carbons (Fsp3) is 0.385. The number of nitrogens with zero attached hydrogens (tertiary/aromatic N) is 4. The Balaban J connectivity index is 1.70. The largest absolute Gasteiger partial charge is 0.433 e. The predicted octanol–water partition coefficient (Wildman–Crippen LogP) is 3.13. The normalized spacial score (nSPS) is 15.7. The minimum Gasteiger partial charge on any atom is -0.398 e. The van der Waals surface area contributed by atoms with Gasteiger partial charge in [0.2, 0.25) is 0 Å². The van der Waals surface area contributed by atoms with E-state index in [0.29, 0.717) is 10.8 Å². The summed E-state index contributed by atoms with van der Waals surface area (Å²) >= 11 is 1.38. The van der Waals surface area contributed by atoms with E-state index >= 15 is 0 Å². The molecule has 0 aromatic carbocycles. The van der Waals surface area contributed by atoms with Crippen LogP contribution >= 0.6 is 11.3 Å². The second-order valence-corrected chi connectivity index (χ2v) is 5.59. The lowest BCUT2D eigenvalue weighted by Crippen LogP contribution is -2.24. The fourth-order valence-corrected chi connectivity index (χ4v) is 2.86. The van der Waals surface area contributed by atoms with Crippen molar-refractivity contribution in [3.63, 3.8) is 0 Å². The summed E-state index contributed by atoms with van der Waals surface area (Å²) in [5.74, 6) is 0.132. The first kappa shape index (κ1) is 13.7. The molecule has 1 saturated heterocycles. The maximum atomic E-state index is 10.6. The van der Waals surface area contributed by atoms with E-state index in [9.17, 15) is 10.1 Å². The number of rotatable bonds is 4. The van der Waals surface area contributed by atoms with Gasteiger partial charge in [0.1, 0.15) is 4.92 Å². The lowest BCUT2D eigenvalue weighted by Gasteiger charge is -2.22. The summed E-state index contributed by atoms with van der Waals surface area (Å²) in [5, 5.41) is 19.5. The number of hydrogen-bond donors (Lipinski definition) is 0. The number of hydrogen-bond acceptors (Lipinski definition) is 7. The number of thiazole rings is 1. The van der Waals surface area contributed by atoms with Crippen LogP contribution in [0.5, 0.6) is 0 Å². The van der Waals surface area contributed by atoms with E-state index < -0.39 is 4.92 Å². The second kappa shape index (κ2) is 6.04. The lowest BCUT2D eigenvalue weighted by molar-refractivity contribution is -0.401. The molecule has 21 heavy (non-hydrogen) atoms. The molecule has 3 rings (SSSR count). The zero-order valence-corrected chi connectivity index (χ0v) is 12.1. The molecule has 0 radical (unpaired) electrons. The van der Waals surface area contributed by atoms with E-state index in [2.05, 4.69) is 10.1 Å². The molecule has 0 spiro atoms. The highest BCUT2D eigenvalue weighted by atomic mass is 32.1. The predicted molar refractivity (Wildman–Crippen MR) is 79.5 cm³/mol. The van der Waals surface area contributed by atoms with Crippen LogP contribution in [0.4, 0.5) is 5.88 Å². The zero-order chi connectivity index (χ0) is 14.7. The molecule has 2 aromatic rings. The zero-order valence-electron chi connectivity index (χ0n) is 11.3. The topological polar surface area (TPSA) is 84.8 Å². The van der Waals surface area contributed by atoms with Crippen LogP contribution in [0.3, 0.4) is 0 Å². The highest BCUT2D eigenvalue weighted by molar-refractivity contribution is 7.13. The average Bonchev–Trinajstić information content (AvgIpc) is 3.15. The van der Waals surface area contributed by atoms with Gasteiger partial charge in [-0.3, -0.25) is 15.1 Å². The van der Waals surface area contributed by atoms with Crippen LogP contribution in [0, 0.1) is 10.1 Å². The van der Waals surface area contributed by atoms with E-state index in [4.69, 9.17) is 4.42 Å². The maximum Gasteiger partial charge on any atom is 0.433 e. The molecule has 1 aliphatic heterocycles. The van der Waals surface area contributed by atoms with Crippen molar-refractivity contribution in [2.24, 2.45) is 5.10 Å². The molecule has 110 valence electrons. The molecule has 0 saturated carbocycles. The summed E-state index contributed by atoms with van der Waals surface area (Å²) in [6.07, 6.45) is 5.35. The van der Waals surface area contributed by atoms with E-state index in [0.717, 1.165) is 18.8 Å². The molecule has 0 atom stereocenters. The van der Waals surface area contributed by atoms with Crippen molar-refractivity contribution in [2.75, 3.05) is 13.1 Å². The number of aromatic nitrogens is 1. The van der Waals surface area contributed by atoms with Crippen LogP contribution in [0.25, 0.3) is 10.8 Å². The number of furan rings is 1. The van der Waals surface area contributed by atoms with Gasteiger partial charge in [-0.2, -0.15) is 5.10 Å². The number of piperidine rings is 1. The third-order valence-electron chi connectivity index (χ3n) is 3.19. The van der Waals surface area contributed by atoms with Crippen molar-refractivity contribution in [1.82, 2.24) is 9.99 Å². The summed E-state index contributed by atoms with van der Waals surface area (Å²) in [7, 11) is 0. The molecular weight excluding hydrogens is 292 g/mol. The Kier molecular flexibility index (Phi) is 3.96. The Bertz CT molecular complexity index is 658. The molecule has 0 unspecified atom stereocenters. The summed E-state index contributed by atoms with van der Waals surface area (Å²) in [4.78, 5) is 14.4. The monoisotopic (exact) mass is 306 g/mol. The number of nitro groups is 1. The van der Waals surface area contributed by atoms with E-state index in [1.165, 1.54) is 36.7 Å². The van der Waals surface area contributed by atoms with Gasteiger partial charge >= 0.3 is 5.88 Å². The Hall–Kier alpha value is -2.22. The van der Waals surface area contributed by atoms with Gasteiger partial charge in [0.25, 0.3) is 0 Å². The Morgan fingerprint density at radius 2 is 2.19 bits per heavy atom. The summed E-state index contributed by atoms with van der Waals surface area (Å²) in [6.45, 7) is 1.97. The molecule has 7 nitrogen and oxygen atoms in total. The third kappa shape index (κ3) is 3.27. The Morgan fingerprint density at radius 3 is 2.90 bits per heavy atom. The minimum atomic E-state index is -0.560. The van der Waals surface area contributed by atoms with Crippen molar-refractivity contribution in [2.45, 2.75) is 19.3 Å². The number of hydrazone groups is 1. The van der Waals surface area contributed by atoms with Crippen LogP contribution in [0.15, 0.2) is 27.0 Å². The van der Waals surface area contributed by atoms with Crippen molar-refractivity contribution < 1.29 is 9.34 Å². The van der Waals surface area contributed by atoms with Crippen LogP contribution < -0.4 is 0 Å². The van der Waals surface area contributed by atoms with E-state index in [1.54, 1.807) is 12.3 Å². The van der Waals surface area contributed by atoms with Crippen LogP contribution in [0.1, 0.15) is 25.0 Å². The SMILES string of the molecule is O=[N+]([O-])c1ccc(-c2nc(/C=N/N3CCCCC3)cs2)o1. The molecule has 1 fully saturated rings. The molecule has 0 N–H and O–H groups in total. The lowest BCUT2D eigenvalue weighted by atomic mass is 10.2. The van der Waals surface area contributed by atoms with Gasteiger partial charge in [-0.05, 0) is 25.3 Å². The van der Waals surface area contributed by atoms with Gasteiger partial charge in [0.15, 0.2) is 10.8 Å². The van der Waals surface area contributed by atoms with Gasteiger partial charge in [-0.1, -0.05) is 0 Å². The van der Waals surface area contributed by atoms with Gasteiger partial charge in [0, 0.05) is 18.5 Å². The first-order valence-corrected chi connectivity index (χ1v) is 7.59. The Labute approximate surface area is 125 Å². The third-order valence-corrected chi connectivity index (χ3v) is 4.07. The first-order valence-electron chi connectivity index (χ1n) is 6.71. The van der Waals surface area contributed by atoms with Crippen LogP contribution in [-0.4, -0.2) is 34.2 Å². The van der Waals surface area contributed by atoms with Crippen molar-refractivity contribution in [1.29, 1.82) is 0 Å². The van der Waals surface area contributed by atoms with Crippen molar-refractivity contribution in [3.05, 3.63) is 33.3 Å². The highest BCUT2D eigenvalue weighted by Crippen LogP contribution is 2.28. The highest BCUT2D eigenvalue weighted by Gasteiger charge is 2.15. The molecule has 1 aliphatic rings.